The van der Waals surface area contributed by atoms with Crippen molar-refractivity contribution >= 4 is 34.1 Å². The van der Waals surface area contributed by atoms with Crippen LogP contribution < -0.4 is 10.2 Å². The van der Waals surface area contributed by atoms with Crippen molar-refractivity contribution in [2.75, 3.05) is 43.1 Å². The Labute approximate surface area is 241 Å². The average molecular weight is 587 g/mol. The molecule has 1 N–H and O–H groups in total. The number of nitrogens with one attached hydrogen (secondary N) is 1. The molecule has 2 unspecified atom stereocenters. The van der Waals surface area contributed by atoms with Crippen LogP contribution in [0, 0.1) is 17.6 Å². The Hall–Kier alpha value is -3.93. The van der Waals surface area contributed by atoms with Gasteiger partial charge in [0.25, 0.3) is 6.43 Å². The lowest BCUT2D eigenvalue weighted by atomic mass is 10.0. The molecule has 0 saturated carbocycles. The average Bonchev–Trinajstić information content (AvgIpc) is 3.42. The summed E-state index contributed by atoms with van der Waals surface area (Å²) in [6.45, 7) is 9.81. The predicted molar refractivity (Wildman–Crippen MR) is 153 cm³/mol. The van der Waals surface area contributed by atoms with Gasteiger partial charge in [-0.2, -0.15) is 4.98 Å². The number of alkyl halides is 2. The molecule has 0 radical (unpaired) electrons. The summed E-state index contributed by atoms with van der Waals surface area (Å²) >= 11 is 0. The summed E-state index contributed by atoms with van der Waals surface area (Å²) in [7, 11) is 0. The number of hydrogen-bond acceptors (Lipinski definition) is 6. The van der Waals surface area contributed by atoms with E-state index in [-0.39, 0.29) is 23.4 Å². The second kappa shape index (κ2) is 12.1. The first-order chi connectivity index (χ1) is 20.2. The lowest BCUT2D eigenvalue weighted by molar-refractivity contribution is -0.150. The van der Waals surface area contributed by atoms with Crippen LogP contribution in [0.5, 0.6) is 0 Å². The summed E-state index contributed by atoms with van der Waals surface area (Å²) in [4.78, 5) is 25.3. The van der Waals surface area contributed by atoms with Crippen LogP contribution in [0.15, 0.2) is 42.7 Å². The number of benzene rings is 2. The Balaban J connectivity index is 0.00000173. The van der Waals surface area contributed by atoms with Crippen molar-refractivity contribution < 1.29 is 27.1 Å². The van der Waals surface area contributed by atoms with Gasteiger partial charge in [0, 0.05) is 55.1 Å². The summed E-state index contributed by atoms with van der Waals surface area (Å²) in [5, 5.41) is 3.70. The highest BCUT2D eigenvalue weighted by atomic mass is 19.3. The highest BCUT2D eigenvalue weighted by Gasteiger charge is 2.35. The van der Waals surface area contributed by atoms with Crippen LogP contribution in [-0.4, -0.2) is 64.1 Å². The van der Waals surface area contributed by atoms with Crippen LogP contribution in [0.1, 0.15) is 51.3 Å². The number of nitrogens with zero attached hydrogens (tertiary/aromatic N) is 5. The summed E-state index contributed by atoms with van der Waals surface area (Å²) in [5.74, 6) is -0.853. The maximum atomic E-state index is 15.7. The molecule has 6 rings (SSSR count). The van der Waals surface area contributed by atoms with Crippen LogP contribution in [0.3, 0.4) is 0 Å². The van der Waals surface area contributed by atoms with E-state index in [0.29, 0.717) is 61.0 Å². The Morgan fingerprint density at radius 3 is 2.52 bits per heavy atom. The maximum Gasteiger partial charge on any atom is 0.266 e. The molecular formula is C30H34F4N6O2. The zero-order chi connectivity index (χ0) is 30.1. The zero-order valence-corrected chi connectivity index (χ0v) is 24.0. The van der Waals surface area contributed by atoms with Gasteiger partial charge in [-0.3, -0.25) is 9.20 Å². The molecule has 2 aliphatic rings. The number of carbonyl (C=O) groups excluding carboxylic acids is 1. The van der Waals surface area contributed by atoms with Crippen molar-refractivity contribution in [3.63, 3.8) is 0 Å². The van der Waals surface area contributed by atoms with E-state index < -0.39 is 29.7 Å². The zero-order valence-electron chi connectivity index (χ0n) is 24.0. The molecule has 2 fully saturated rings. The Kier molecular flexibility index (Phi) is 8.53. The van der Waals surface area contributed by atoms with E-state index in [1.165, 1.54) is 24.4 Å². The molecule has 2 aliphatic heterocycles. The van der Waals surface area contributed by atoms with E-state index in [1.807, 2.05) is 25.7 Å². The summed E-state index contributed by atoms with van der Waals surface area (Å²) in [6.07, 6.45) is 0.260. The summed E-state index contributed by atoms with van der Waals surface area (Å²) in [5.41, 5.74) is 0.228. The topological polar surface area (TPSA) is 75.0 Å². The fourth-order valence-corrected chi connectivity index (χ4v) is 5.50. The predicted octanol–water partition coefficient (Wildman–Crippen LogP) is 5.98. The number of hydrogen-bond donors (Lipinski definition) is 1. The molecule has 0 spiro atoms. The highest BCUT2D eigenvalue weighted by Crippen LogP contribution is 2.35. The van der Waals surface area contributed by atoms with Gasteiger partial charge < -0.3 is 19.9 Å². The number of halogens is 4. The lowest BCUT2D eigenvalue weighted by Crippen LogP contribution is -2.57. The maximum absolute atomic E-state index is 15.7. The minimum atomic E-state index is -2.95. The molecule has 4 heterocycles. The molecule has 2 aromatic heterocycles. The molecule has 0 bridgehead atoms. The van der Waals surface area contributed by atoms with Gasteiger partial charge >= 0.3 is 0 Å². The number of anilines is 2. The summed E-state index contributed by atoms with van der Waals surface area (Å²) < 4.78 is 64.0. The van der Waals surface area contributed by atoms with Crippen LogP contribution in [0.4, 0.5) is 29.1 Å². The van der Waals surface area contributed by atoms with E-state index in [1.54, 1.807) is 28.5 Å². The van der Waals surface area contributed by atoms with Crippen molar-refractivity contribution in [3.05, 3.63) is 65.5 Å². The number of aromatic nitrogens is 3. The SMILES string of the molecule is CC.CC(Nc1nc2nccn2c2cc(F)c(N3CCN(C(=O)C4COC4)CC3C)cc12)c1cccc(C(F)F)c1F. The van der Waals surface area contributed by atoms with Crippen LogP contribution in [0.2, 0.25) is 0 Å². The van der Waals surface area contributed by atoms with Gasteiger partial charge in [-0.15, -0.1) is 0 Å². The molecule has 1 amide bonds. The van der Waals surface area contributed by atoms with Crippen molar-refractivity contribution in [2.24, 2.45) is 5.92 Å². The van der Waals surface area contributed by atoms with E-state index in [2.05, 4.69) is 15.3 Å². The fourth-order valence-electron chi connectivity index (χ4n) is 5.50. The second-order valence-corrected chi connectivity index (χ2v) is 10.4. The third-order valence-corrected chi connectivity index (χ3v) is 7.76. The molecule has 224 valence electrons. The van der Waals surface area contributed by atoms with Gasteiger partial charge in [-0.05, 0) is 19.9 Å². The first kappa shape index (κ1) is 29.6. The number of imidazole rings is 1. The molecule has 2 saturated heterocycles. The van der Waals surface area contributed by atoms with Gasteiger partial charge in [0.15, 0.2) is 0 Å². The van der Waals surface area contributed by atoms with Crippen LogP contribution in [-0.2, 0) is 9.53 Å². The number of fused-ring (bicyclic) bond motifs is 3. The fraction of sp³-hybridized carbons (Fsp3) is 0.433. The number of rotatable bonds is 6. The largest absolute Gasteiger partial charge is 0.380 e. The van der Waals surface area contributed by atoms with Crippen LogP contribution in [0.25, 0.3) is 16.7 Å². The van der Waals surface area contributed by atoms with E-state index in [4.69, 9.17) is 4.74 Å². The Morgan fingerprint density at radius 1 is 1.12 bits per heavy atom. The number of piperazine rings is 1. The molecule has 0 aliphatic carbocycles. The molecular weight excluding hydrogens is 552 g/mol. The third-order valence-electron chi connectivity index (χ3n) is 7.76. The third kappa shape index (κ3) is 5.35. The molecule has 4 aromatic rings. The first-order valence-electron chi connectivity index (χ1n) is 14.2. The number of amides is 1. The monoisotopic (exact) mass is 586 g/mol. The second-order valence-electron chi connectivity index (χ2n) is 10.4. The normalized spacial score (nSPS) is 18.2. The Bertz CT molecular complexity index is 1590. The quantitative estimate of drug-likeness (QED) is 0.280. The highest BCUT2D eigenvalue weighted by molar-refractivity contribution is 5.94. The van der Waals surface area contributed by atoms with E-state index in [9.17, 15) is 18.0 Å². The van der Waals surface area contributed by atoms with Crippen molar-refractivity contribution in [2.45, 2.75) is 46.2 Å². The van der Waals surface area contributed by atoms with Crippen LogP contribution >= 0.6 is 0 Å². The molecule has 8 nitrogen and oxygen atoms in total. The first-order valence-corrected chi connectivity index (χ1v) is 14.2. The van der Waals surface area contributed by atoms with Gasteiger partial charge in [-0.1, -0.05) is 32.0 Å². The standard InChI is InChI=1S/C28H28F4N6O2.C2H6/c1-15-12-36(27(39)17-13-40-14-17)8-9-37(15)23-10-20-22(11-21(23)29)38-7-6-33-28(38)35-26(20)34-16(2)18-4-3-5-19(24(18)30)25(31)32;1-2/h3-7,10-11,15-17,25H,8-9,12-14H2,1-2H3,(H,33,34,35);1-2H3. The molecule has 42 heavy (non-hydrogen) atoms. The lowest BCUT2D eigenvalue weighted by Gasteiger charge is -2.43. The van der Waals surface area contributed by atoms with E-state index in [0.717, 1.165) is 6.07 Å². The van der Waals surface area contributed by atoms with Gasteiger partial charge in [0.2, 0.25) is 11.7 Å². The molecule has 2 atom stereocenters. The van der Waals surface area contributed by atoms with Crippen molar-refractivity contribution in [1.82, 2.24) is 19.3 Å². The minimum absolute atomic E-state index is 0.0598. The number of ether oxygens (including phenoxy) is 1. The van der Waals surface area contributed by atoms with Gasteiger partial charge in [0.05, 0.1) is 41.9 Å². The smallest absolute Gasteiger partial charge is 0.266 e. The molecule has 12 heteroatoms. The van der Waals surface area contributed by atoms with Crippen molar-refractivity contribution in [1.29, 1.82) is 0 Å². The van der Waals surface area contributed by atoms with Crippen molar-refractivity contribution in [3.8, 4) is 0 Å². The Morgan fingerprint density at radius 2 is 1.86 bits per heavy atom. The number of carbonyl (C=O) groups is 1. The van der Waals surface area contributed by atoms with E-state index >= 15 is 4.39 Å². The van der Waals surface area contributed by atoms with Gasteiger partial charge in [-0.25, -0.2) is 22.5 Å². The summed E-state index contributed by atoms with van der Waals surface area (Å²) in [6, 6.07) is 6.10. The minimum Gasteiger partial charge on any atom is -0.380 e. The van der Waals surface area contributed by atoms with Gasteiger partial charge in [0.1, 0.15) is 17.5 Å². The molecule has 2 aromatic carbocycles.